The molecule has 2 amide bonds. The minimum absolute atomic E-state index is 0.120. The van der Waals surface area contributed by atoms with E-state index in [1.165, 1.54) is 0 Å². The molecule has 140 valence electrons. The standard InChI is InChI=1S/C17H33N3O4/c1-7-17(6,20-8-10-23-11-9-20)12-18-14(21)13(2)19-15(22)24-16(3,4)5/h13H,7-12H2,1-6H3,(H,18,21)(H,19,22)/t13-,17-/m1/s1. The van der Waals surface area contributed by atoms with Gasteiger partial charge >= 0.3 is 6.09 Å². The van der Waals surface area contributed by atoms with Crippen molar-refractivity contribution < 1.29 is 19.1 Å². The van der Waals surface area contributed by atoms with Crippen molar-refractivity contribution in [1.29, 1.82) is 0 Å². The van der Waals surface area contributed by atoms with Crippen LogP contribution in [0.4, 0.5) is 4.79 Å². The third-order valence-electron chi connectivity index (χ3n) is 4.31. The molecule has 1 heterocycles. The lowest BCUT2D eigenvalue weighted by Gasteiger charge is -2.43. The summed E-state index contributed by atoms with van der Waals surface area (Å²) in [7, 11) is 0. The first-order valence-electron chi connectivity index (χ1n) is 8.67. The number of morpholine rings is 1. The van der Waals surface area contributed by atoms with Gasteiger partial charge < -0.3 is 20.1 Å². The summed E-state index contributed by atoms with van der Waals surface area (Å²) in [4.78, 5) is 26.4. The Bertz CT molecular complexity index is 430. The van der Waals surface area contributed by atoms with Gasteiger partial charge in [-0.1, -0.05) is 6.92 Å². The van der Waals surface area contributed by atoms with Crippen LogP contribution in [0.25, 0.3) is 0 Å². The lowest BCUT2D eigenvalue weighted by molar-refractivity contribution is -0.123. The van der Waals surface area contributed by atoms with Crippen LogP contribution < -0.4 is 10.6 Å². The first-order valence-corrected chi connectivity index (χ1v) is 8.67. The van der Waals surface area contributed by atoms with E-state index in [-0.39, 0.29) is 11.4 Å². The van der Waals surface area contributed by atoms with Crippen molar-refractivity contribution in [2.45, 2.75) is 65.1 Å². The van der Waals surface area contributed by atoms with Crippen molar-refractivity contribution in [1.82, 2.24) is 15.5 Å². The van der Waals surface area contributed by atoms with Gasteiger partial charge in [0, 0.05) is 25.2 Å². The largest absolute Gasteiger partial charge is 0.444 e. The zero-order chi connectivity index (χ0) is 18.4. The Morgan fingerprint density at radius 1 is 1.21 bits per heavy atom. The molecule has 0 bridgehead atoms. The van der Waals surface area contributed by atoms with E-state index in [1.807, 2.05) is 0 Å². The van der Waals surface area contributed by atoms with Crippen molar-refractivity contribution in [2.75, 3.05) is 32.8 Å². The molecule has 0 spiro atoms. The Morgan fingerprint density at radius 2 is 1.79 bits per heavy atom. The molecule has 0 aliphatic carbocycles. The number of ether oxygens (including phenoxy) is 2. The lowest BCUT2D eigenvalue weighted by atomic mass is 9.95. The summed E-state index contributed by atoms with van der Waals surface area (Å²) in [5.74, 6) is -0.214. The summed E-state index contributed by atoms with van der Waals surface area (Å²) in [5, 5.41) is 5.51. The predicted molar refractivity (Wildman–Crippen MR) is 92.9 cm³/mol. The summed E-state index contributed by atoms with van der Waals surface area (Å²) in [6, 6.07) is -0.648. The summed E-state index contributed by atoms with van der Waals surface area (Å²) in [6.07, 6.45) is 0.331. The van der Waals surface area contributed by atoms with Crippen LogP contribution in [0.2, 0.25) is 0 Å². The molecule has 1 saturated heterocycles. The lowest BCUT2D eigenvalue weighted by Crippen LogP contribution is -2.58. The number of rotatable bonds is 6. The molecule has 1 rings (SSSR count). The van der Waals surface area contributed by atoms with Gasteiger partial charge in [0.25, 0.3) is 0 Å². The van der Waals surface area contributed by atoms with Gasteiger partial charge in [-0.05, 0) is 41.0 Å². The van der Waals surface area contributed by atoms with E-state index in [0.29, 0.717) is 6.54 Å². The normalized spacial score (nSPS) is 19.9. The average Bonchev–Trinajstić information content (AvgIpc) is 2.51. The molecule has 0 unspecified atom stereocenters. The molecule has 0 radical (unpaired) electrons. The van der Waals surface area contributed by atoms with E-state index in [9.17, 15) is 9.59 Å². The van der Waals surface area contributed by atoms with Gasteiger partial charge in [0.1, 0.15) is 11.6 Å². The van der Waals surface area contributed by atoms with Crippen LogP contribution in [-0.2, 0) is 14.3 Å². The quantitative estimate of drug-likeness (QED) is 0.764. The van der Waals surface area contributed by atoms with Crippen molar-refractivity contribution in [3.05, 3.63) is 0 Å². The summed E-state index contributed by atoms with van der Waals surface area (Å²) < 4.78 is 10.6. The molecule has 1 aliphatic heterocycles. The van der Waals surface area contributed by atoms with E-state index in [2.05, 4.69) is 29.4 Å². The van der Waals surface area contributed by atoms with Crippen molar-refractivity contribution in [2.24, 2.45) is 0 Å². The van der Waals surface area contributed by atoms with Crippen molar-refractivity contribution in [3.8, 4) is 0 Å². The predicted octanol–water partition coefficient (Wildman–Crippen LogP) is 1.52. The molecule has 7 nitrogen and oxygen atoms in total. The van der Waals surface area contributed by atoms with E-state index < -0.39 is 17.7 Å². The van der Waals surface area contributed by atoms with Gasteiger partial charge in [0.2, 0.25) is 5.91 Å². The van der Waals surface area contributed by atoms with Crippen LogP contribution in [0.5, 0.6) is 0 Å². The maximum absolute atomic E-state index is 12.3. The molecule has 1 aliphatic rings. The maximum Gasteiger partial charge on any atom is 0.408 e. The van der Waals surface area contributed by atoms with Crippen LogP contribution >= 0.6 is 0 Å². The highest BCUT2D eigenvalue weighted by molar-refractivity contribution is 5.85. The van der Waals surface area contributed by atoms with E-state index in [1.54, 1.807) is 27.7 Å². The summed E-state index contributed by atoms with van der Waals surface area (Å²) in [5.41, 5.74) is -0.706. The van der Waals surface area contributed by atoms with Crippen LogP contribution in [0.3, 0.4) is 0 Å². The molecular weight excluding hydrogens is 310 g/mol. The monoisotopic (exact) mass is 343 g/mol. The highest BCUT2D eigenvalue weighted by atomic mass is 16.6. The van der Waals surface area contributed by atoms with E-state index in [4.69, 9.17) is 9.47 Å². The fourth-order valence-electron chi connectivity index (χ4n) is 2.54. The third-order valence-corrected chi connectivity index (χ3v) is 4.31. The highest BCUT2D eigenvalue weighted by Gasteiger charge is 2.32. The molecule has 2 N–H and O–H groups in total. The van der Waals surface area contributed by atoms with Gasteiger partial charge in [0.05, 0.1) is 13.2 Å². The van der Waals surface area contributed by atoms with Gasteiger partial charge in [-0.3, -0.25) is 9.69 Å². The molecule has 0 aromatic rings. The summed E-state index contributed by atoms with van der Waals surface area (Å²) >= 11 is 0. The number of hydrogen-bond donors (Lipinski definition) is 2. The zero-order valence-electron chi connectivity index (χ0n) is 15.9. The first-order chi connectivity index (χ1) is 11.1. The van der Waals surface area contributed by atoms with Crippen LogP contribution in [0.1, 0.15) is 48.0 Å². The maximum atomic E-state index is 12.3. The molecular formula is C17H33N3O4. The van der Waals surface area contributed by atoms with Crippen LogP contribution in [0.15, 0.2) is 0 Å². The number of carbonyl (C=O) groups excluding carboxylic acids is 2. The average molecular weight is 343 g/mol. The molecule has 2 atom stereocenters. The molecule has 24 heavy (non-hydrogen) atoms. The van der Waals surface area contributed by atoms with Gasteiger partial charge in [-0.15, -0.1) is 0 Å². The van der Waals surface area contributed by atoms with Crippen molar-refractivity contribution >= 4 is 12.0 Å². The fraction of sp³-hybridized carbons (Fsp3) is 0.882. The molecule has 0 aromatic carbocycles. The second-order valence-corrected chi connectivity index (χ2v) is 7.54. The summed E-state index contributed by atoms with van der Waals surface area (Å²) in [6.45, 7) is 15.0. The zero-order valence-corrected chi connectivity index (χ0v) is 15.9. The Morgan fingerprint density at radius 3 is 2.29 bits per heavy atom. The highest BCUT2D eigenvalue weighted by Crippen LogP contribution is 2.20. The minimum Gasteiger partial charge on any atom is -0.444 e. The molecule has 7 heteroatoms. The smallest absolute Gasteiger partial charge is 0.408 e. The minimum atomic E-state index is -0.648. The second-order valence-electron chi connectivity index (χ2n) is 7.54. The number of hydrogen-bond acceptors (Lipinski definition) is 5. The molecule has 0 aromatic heterocycles. The fourth-order valence-corrected chi connectivity index (χ4v) is 2.54. The Labute approximate surface area is 145 Å². The van der Waals surface area contributed by atoms with Gasteiger partial charge in [-0.2, -0.15) is 0 Å². The number of alkyl carbamates (subject to hydrolysis) is 1. The van der Waals surface area contributed by atoms with E-state index >= 15 is 0 Å². The Balaban J connectivity index is 2.49. The Kier molecular flexibility index (Phi) is 7.48. The van der Waals surface area contributed by atoms with Gasteiger partial charge in [-0.25, -0.2) is 4.79 Å². The van der Waals surface area contributed by atoms with Gasteiger partial charge in [0.15, 0.2) is 0 Å². The second kappa shape index (κ2) is 8.67. The Hall–Kier alpha value is -1.34. The number of nitrogens with zero attached hydrogens (tertiary/aromatic N) is 1. The first kappa shape index (κ1) is 20.7. The number of amides is 2. The number of nitrogens with one attached hydrogen (secondary N) is 2. The molecule has 0 saturated carbocycles. The van der Waals surface area contributed by atoms with E-state index in [0.717, 1.165) is 32.7 Å². The van der Waals surface area contributed by atoms with Crippen molar-refractivity contribution in [3.63, 3.8) is 0 Å². The SMILES string of the molecule is CC[C@](C)(CNC(=O)[C@@H](C)NC(=O)OC(C)(C)C)N1CCOCC1. The topological polar surface area (TPSA) is 79.9 Å². The number of carbonyl (C=O) groups is 2. The molecule has 1 fully saturated rings. The van der Waals surface area contributed by atoms with Crippen LogP contribution in [-0.4, -0.2) is 66.9 Å². The third kappa shape index (κ3) is 6.65. The van der Waals surface area contributed by atoms with Crippen LogP contribution in [0, 0.1) is 0 Å².